The van der Waals surface area contributed by atoms with Crippen LogP contribution in [0.5, 0.6) is 0 Å². The van der Waals surface area contributed by atoms with Crippen molar-refractivity contribution in [2.75, 3.05) is 0 Å². The number of rotatable bonds is 0. The summed E-state index contributed by atoms with van der Waals surface area (Å²) in [7, 11) is 1.15. The molecule has 0 saturated heterocycles. The zero-order valence-corrected chi connectivity index (χ0v) is 8.34. The fraction of sp³-hybridized carbons (Fsp3) is 0. The third kappa shape index (κ3) is 182. The Balaban J connectivity index is 0. The van der Waals surface area contributed by atoms with Gasteiger partial charge in [0.05, 0.1) is 0 Å². The van der Waals surface area contributed by atoms with E-state index in [2.05, 4.69) is 0 Å². The fourth-order valence-electron chi connectivity index (χ4n) is 0. The summed E-state index contributed by atoms with van der Waals surface area (Å²) >= 11 is -2.42. The molecule has 0 N–H and O–H groups in total. The normalized spacial score (nSPS) is 4.00. The molecule has 0 spiro atoms. The van der Waals surface area contributed by atoms with Crippen LogP contribution < -0.4 is 0 Å². The van der Waals surface area contributed by atoms with Gasteiger partial charge in [0.15, 0.2) is 7.44 Å². The molecule has 0 unspecified atom stereocenters. The molecule has 0 aromatic heterocycles. The molecule has 0 heterocycles. The zero-order chi connectivity index (χ0) is 5.41. The molecule has 6 heavy (non-hydrogen) atoms. The third-order valence-electron chi connectivity index (χ3n) is 0. The Labute approximate surface area is 50.2 Å². The first-order valence-electron chi connectivity index (χ1n) is 1.22. The topological polar surface area (TPSA) is 51.2 Å². The predicted octanol–water partition coefficient (Wildman–Crippen LogP) is -2.57. The van der Waals surface area contributed by atoms with Gasteiger partial charge in [0.2, 0.25) is 9.28 Å². The Morgan fingerprint density at radius 1 is 1.50 bits per heavy atom. The summed E-state index contributed by atoms with van der Waals surface area (Å²) in [5.41, 5.74) is 0. The van der Waals surface area contributed by atoms with E-state index in [9.17, 15) is 0 Å². The molecule has 34 valence electrons. The molecule has 0 aromatic rings. The SMILES string of the molecule is B[SiH]=O.[O]=[BiH]=[O]. The quantitative estimate of drug-likeness (QED) is 0.462. The molecule has 0 aliphatic carbocycles. The molecule has 0 aliphatic rings. The predicted molar refractivity (Wildman–Crippen MR) is 24.9 cm³/mol. The Morgan fingerprint density at radius 3 is 1.50 bits per heavy atom. The second kappa shape index (κ2) is 17.6. The van der Waals surface area contributed by atoms with Gasteiger partial charge in [0.1, 0.15) is 0 Å². The second-order valence-electron chi connectivity index (χ2n) is 0.319. The average molecular weight is 300 g/mol. The van der Waals surface area contributed by atoms with E-state index in [0.29, 0.717) is 0 Å². The van der Waals surface area contributed by atoms with E-state index in [-0.39, 0.29) is 0 Å². The standard InChI is InChI=1S/BH3OSi.Bi.2O.H/c1-3-2;;;;/h3H,1H2;;;;. The minimum atomic E-state index is -2.42. The van der Waals surface area contributed by atoms with Gasteiger partial charge in [-0.3, -0.25) is 0 Å². The molecule has 0 bridgehead atoms. The van der Waals surface area contributed by atoms with E-state index in [1.165, 1.54) is 0 Å². The van der Waals surface area contributed by atoms with Crippen LogP contribution in [0.4, 0.5) is 0 Å². The summed E-state index contributed by atoms with van der Waals surface area (Å²) in [4.78, 5) is 0. The van der Waals surface area contributed by atoms with E-state index in [4.69, 9.17) is 10.1 Å². The first kappa shape index (κ1) is 9.76. The summed E-state index contributed by atoms with van der Waals surface area (Å²) in [6.45, 7) is 0. The maximum atomic E-state index is 9.01. The van der Waals surface area contributed by atoms with Gasteiger partial charge >= 0.3 is 28.9 Å². The van der Waals surface area contributed by atoms with Crippen molar-refractivity contribution in [3.63, 3.8) is 0 Å². The van der Waals surface area contributed by atoms with Crippen molar-refractivity contribution in [1.29, 1.82) is 0 Å². The summed E-state index contributed by atoms with van der Waals surface area (Å²) in [5, 5.41) is 0. The summed E-state index contributed by atoms with van der Waals surface area (Å²) < 4.78 is 26.2. The molecule has 0 radical (unpaired) electrons. The van der Waals surface area contributed by atoms with Crippen LogP contribution >= 0.6 is 0 Å². The van der Waals surface area contributed by atoms with Crippen molar-refractivity contribution < 1.29 is 10.1 Å². The molecular weight excluding hydrogens is 296 g/mol. The van der Waals surface area contributed by atoms with Gasteiger partial charge in [-0.25, -0.2) is 0 Å². The van der Waals surface area contributed by atoms with Crippen LogP contribution in [0, 0.1) is 0 Å². The Bertz CT molecular complexity index is 55.8. The number of hydrogen-bond donors (Lipinski definition) is 0. The van der Waals surface area contributed by atoms with Crippen molar-refractivity contribution >= 4 is 40.0 Å². The first-order valence-corrected chi connectivity index (χ1v) is 6.02. The van der Waals surface area contributed by atoms with E-state index in [0.717, 1.165) is 0 Å². The molecular formula is H4BBiO3Si. The Hall–Kier alpha value is 0.565. The molecule has 0 saturated carbocycles. The molecule has 0 rings (SSSR count). The summed E-state index contributed by atoms with van der Waals surface area (Å²) in [6, 6.07) is 0. The van der Waals surface area contributed by atoms with Crippen LogP contribution in [0.3, 0.4) is 0 Å². The van der Waals surface area contributed by atoms with Gasteiger partial charge in [-0.1, -0.05) is 0 Å². The molecule has 0 aromatic carbocycles. The minimum absolute atomic E-state index is 0.500. The van der Waals surface area contributed by atoms with Crippen LogP contribution in [-0.4, -0.2) is 40.0 Å². The van der Waals surface area contributed by atoms with E-state index >= 15 is 0 Å². The van der Waals surface area contributed by atoms with Gasteiger partial charge in [-0.15, -0.1) is 0 Å². The van der Waals surface area contributed by atoms with Crippen LogP contribution in [0.2, 0.25) is 0 Å². The average Bonchev–Trinajstić information content (AvgIpc) is 1.39. The molecule has 0 aliphatic heterocycles. The Kier molecular flexibility index (Phi) is 28.7. The van der Waals surface area contributed by atoms with Crippen molar-refractivity contribution in [1.82, 2.24) is 0 Å². The van der Waals surface area contributed by atoms with Crippen LogP contribution in [0.1, 0.15) is 0 Å². The molecule has 0 fully saturated rings. The molecule has 3 nitrogen and oxygen atoms in total. The van der Waals surface area contributed by atoms with Gasteiger partial charge in [0, 0.05) is 0 Å². The second-order valence-corrected chi connectivity index (χ2v) is 1.44. The van der Waals surface area contributed by atoms with Gasteiger partial charge in [-0.05, 0) is 0 Å². The van der Waals surface area contributed by atoms with Crippen molar-refractivity contribution in [2.24, 2.45) is 0 Å². The Morgan fingerprint density at radius 2 is 1.50 bits per heavy atom. The molecule has 0 amide bonds. The van der Waals surface area contributed by atoms with Crippen molar-refractivity contribution in [3.05, 3.63) is 0 Å². The molecule has 6 heteroatoms. The zero-order valence-electron chi connectivity index (χ0n) is 3.30. The van der Waals surface area contributed by atoms with Gasteiger partial charge in [-0.2, -0.15) is 0 Å². The van der Waals surface area contributed by atoms with E-state index in [1.54, 1.807) is 7.44 Å². The summed E-state index contributed by atoms with van der Waals surface area (Å²) in [6.07, 6.45) is 0. The van der Waals surface area contributed by atoms with Crippen molar-refractivity contribution in [2.45, 2.75) is 0 Å². The van der Waals surface area contributed by atoms with E-state index in [1.807, 2.05) is 0 Å². The monoisotopic (exact) mass is 300 g/mol. The third-order valence-corrected chi connectivity index (χ3v) is 0. The summed E-state index contributed by atoms with van der Waals surface area (Å²) in [5.74, 6) is 0. The van der Waals surface area contributed by atoms with Crippen LogP contribution in [0.15, 0.2) is 0 Å². The van der Waals surface area contributed by atoms with Gasteiger partial charge < -0.3 is 4.46 Å². The fourth-order valence-corrected chi connectivity index (χ4v) is 0. The van der Waals surface area contributed by atoms with Crippen LogP contribution in [0.25, 0.3) is 0 Å². The van der Waals surface area contributed by atoms with E-state index < -0.39 is 32.5 Å². The maximum absolute atomic E-state index is 9.01. The first-order chi connectivity index (χ1) is 2.83. The van der Waals surface area contributed by atoms with Crippen LogP contribution in [-0.2, 0) is 10.1 Å². The van der Waals surface area contributed by atoms with Gasteiger partial charge in [0.25, 0.3) is 0 Å². The van der Waals surface area contributed by atoms with Crippen molar-refractivity contribution in [3.8, 4) is 0 Å². The number of hydrogen-bond acceptors (Lipinski definition) is 3. The molecule has 0 atom stereocenters.